The van der Waals surface area contributed by atoms with Crippen molar-refractivity contribution in [3.8, 4) is 0 Å². The zero-order chi connectivity index (χ0) is 35.8. The highest BCUT2D eigenvalue weighted by atomic mass is 16.6. The first-order chi connectivity index (χ1) is 22.2. The van der Waals surface area contributed by atoms with Crippen LogP contribution in [0.4, 0.5) is 0 Å². The van der Waals surface area contributed by atoms with E-state index in [-0.39, 0.29) is 29.3 Å². The lowest BCUT2D eigenvalue weighted by Gasteiger charge is -2.73. The Hall–Kier alpha value is -1.97. The fourth-order valence-corrected chi connectivity index (χ4v) is 12.3. The van der Waals surface area contributed by atoms with Crippen molar-refractivity contribution >= 4 is 17.9 Å². The van der Waals surface area contributed by atoms with Crippen LogP contribution in [0, 0.1) is 50.2 Å². The van der Waals surface area contributed by atoms with E-state index in [1.54, 1.807) is 0 Å². The summed E-state index contributed by atoms with van der Waals surface area (Å²) in [7, 11) is 0. The quantitative estimate of drug-likeness (QED) is 0.171. The molecule has 12 atom stereocenters. The Morgan fingerprint density at radius 1 is 0.854 bits per heavy atom. The first-order valence-corrected chi connectivity index (χ1v) is 18.4. The largest absolute Gasteiger partial charge is 0.459 e. The van der Waals surface area contributed by atoms with Gasteiger partial charge in [-0.2, -0.15) is 0 Å². The molecule has 0 spiro atoms. The summed E-state index contributed by atoms with van der Waals surface area (Å²) in [5.41, 5.74) is -2.74. The van der Waals surface area contributed by atoms with Gasteiger partial charge in [0.2, 0.25) is 0 Å². The monoisotopic (exact) mass is 674 g/mol. The lowest BCUT2D eigenvalue weighted by molar-refractivity contribution is -0.295. The second-order valence-corrected chi connectivity index (χ2v) is 18.1. The third-order valence-corrected chi connectivity index (χ3v) is 15.0. The van der Waals surface area contributed by atoms with E-state index >= 15 is 0 Å². The number of carbonyl (C=O) groups is 3. The highest BCUT2D eigenvalue weighted by Crippen LogP contribution is 2.76. The summed E-state index contributed by atoms with van der Waals surface area (Å²) in [5.74, 6) is -1.53. The van der Waals surface area contributed by atoms with E-state index in [0.29, 0.717) is 18.8 Å². The highest BCUT2D eigenvalue weighted by Gasteiger charge is 2.77. The molecule has 0 saturated heterocycles. The Kier molecular flexibility index (Phi) is 9.60. The second kappa shape index (κ2) is 12.4. The Balaban J connectivity index is 1.71. The van der Waals surface area contributed by atoms with E-state index in [4.69, 9.17) is 14.2 Å². The minimum atomic E-state index is -1.50. The molecule has 0 bridgehead atoms. The van der Waals surface area contributed by atoms with Crippen molar-refractivity contribution in [1.29, 1.82) is 0 Å². The van der Waals surface area contributed by atoms with Crippen molar-refractivity contribution < 1.29 is 43.9 Å². The van der Waals surface area contributed by atoms with Crippen LogP contribution in [-0.4, -0.2) is 70.4 Å². The maximum absolute atomic E-state index is 13.1. The summed E-state index contributed by atoms with van der Waals surface area (Å²) in [6, 6.07) is 0. The van der Waals surface area contributed by atoms with Gasteiger partial charge in [-0.1, -0.05) is 73.5 Å². The fourth-order valence-electron chi connectivity index (χ4n) is 12.3. The van der Waals surface area contributed by atoms with E-state index in [2.05, 4.69) is 40.7 Å². The van der Waals surface area contributed by atoms with Crippen LogP contribution < -0.4 is 0 Å². The average Bonchev–Trinajstić information content (AvgIpc) is 2.98. The zero-order valence-corrected chi connectivity index (χ0v) is 31.1. The Bertz CT molecular complexity index is 1320. The van der Waals surface area contributed by atoms with Gasteiger partial charge in [-0.3, -0.25) is 14.4 Å². The smallest absolute Gasteiger partial charge is 0.306 e. The molecule has 48 heavy (non-hydrogen) atoms. The summed E-state index contributed by atoms with van der Waals surface area (Å²) >= 11 is 0. The Morgan fingerprint density at radius 2 is 1.48 bits per heavy atom. The van der Waals surface area contributed by atoms with Crippen LogP contribution in [0.15, 0.2) is 11.6 Å². The maximum Gasteiger partial charge on any atom is 0.306 e. The molecule has 3 N–H and O–H groups in total. The van der Waals surface area contributed by atoms with Crippen molar-refractivity contribution in [2.75, 3.05) is 6.61 Å². The predicted molar refractivity (Wildman–Crippen MR) is 180 cm³/mol. The lowest BCUT2D eigenvalue weighted by atomic mass is 9.32. The van der Waals surface area contributed by atoms with Crippen molar-refractivity contribution in [2.24, 2.45) is 50.2 Å². The van der Waals surface area contributed by atoms with Gasteiger partial charge in [0.15, 0.2) is 6.10 Å². The molecule has 5 aliphatic rings. The summed E-state index contributed by atoms with van der Waals surface area (Å²) in [6.07, 6.45) is 3.53. The average molecular weight is 675 g/mol. The normalized spacial score (nSPS) is 45.6. The van der Waals surface area contributed by atoms with Gasteiger partial charge in [-0.25, -0.2) is 0 Å². The number of carbonyl (C=O) groups excluding carboxylic acids is 3. The van der Waals surface area contributed by atoms with Gasteiger partial charge < -0.3 is 29.5 Å². The van der Waals surface area contributed by atoms with E-state index in [0.717, 1.165) is 44.1 Å². The highest BCUT2D eigenvalue weighted by molar-refractivity contribution is 5.70. The Morgan fingerprint density at radius 3 is 2.06 bits per heavy atom. The van der Waals surface area contributed by atoms with Crippen LogP contribution in [0.2, 0.25) is 0 Å². The number of allylic oxidation sites excluding steroid dienone is 1. The number of rotatable bonds is 7. The first-order valence-electron chi connectivity index (χ1n) is 18.4. The summed E-state index contributed by atoms with van der Waals surface area (Å²) < 4.78 is 18.5. The third kappa shape index (κ3) is 5.13. The van der Waals surface area contributed by atoms with E-state index in [9.17, 15) is 29.7 Å². The van der Waals surface area contributed by atoms with Crippen LogP contribution in [0.5, 0.6) is 0 Å². The molecule has 0 aromatic rings. The van der Waals surface area contributed by atoms with Gasteiger partial charge in [0.05, 0.1) is 18.1 Å². The number of aliphatic hydroxyl groups is 3. The number of esters is 3. The summed E-state index contributed by atoms with van der Waals surface area (Å²) in [4.78, 5) is 38.9. The molecular weight excluding hydrogens is 612 g/mol. The minimum absolute atomic E-state index is 0.0953. The molecule has 9 heteroatoms. The molecule has 5 aliphatic carbocycles. The van der Waals surface area contributed by atoms with E-state index in [1.165, 1.54) is 13.8 Å². The number of unbranched alkanes of at least 4 members (excludes halogenated alkanes) is 1. The van der Waals surface area contributed by atoms with Gasteiger partial charge >= 0.3 is 17.9 Å². The van der Waals surface area contributed by atoms with Crippen LogP contribution in [-0.2, 0) is 28.6 Å². The number of aliphatic hydroxyl groups excluding tert-OH is 3. The fraction of sp³-hybridized carbons (Fsp3) is 0.872. The molecule has 272 valence electrons. The van der Waals surface area contributed by atoms with Gasteiger partial charge in [0, 0.05) is 31.1 Å². The van der Waals surface area contributed by atoms with Crippen molar-refractivity contribution in [2.45, 2.75) is 158 Å². The zero-order valence-electron chi connectivity index (χ0n) is 31.1. The Labute approximate surface area is 287 Å². The molecule has 4 fully saturated rings. The van der Waals surface area contributed by atoms with E-state index < -0.39 is 76.5 Å². The molecule has 0 aliphatic heterocycles. The molecule has 9 nitrogen and oxygen atoms in total. The second-order valence-electron chi connectivity index (χ2n) is 18.1. The van der Waals surface area contributed by atoms with E-state index in [1.807, 2.05) is 20.8 Å². The van der Waals surface area contributed by atoms with Crippen LogP contribution in [0.1, 0.15) is 127 Å². The molecule has 0 unspecified atom stereocenters. The lowest BCUT2D eigenvalue weighted by Crippen LogP contribution is -2.77. The molecule has 0 radical (unpaired) electrons. The molecular formula is C39H62O9. The molecule has 0 aromatic carbocycles. The molecule has 0 amide bonds. The third-order valence-electron chi connectivity index (χ3n) is 15.0. The van der Waals surface area contributed by atoms with Gasteiger partial charge in [-0.05, 0) is 78.9 Å². The number of hydrogen-bond acceptors (Lipinski definition) is 9. The molecule has 0 heterocycles. The minimum Gasteiger partial charge on any atom is -0.459 e. The van der Waals surface area contributed by atoms with Crippen LogP contribution in [0.3, 0.4) is 0 Å². The molecule has 4 saturated carbocycles. The van der Waals surface area contributed by atoms with Crippen molar-refractivity contribution in [1.82, 2.24) is 0 Å². The standard InChI is InChI=1S/C39H62O9/c1-11-12-13-29(44)48-32-33(47-23(3)42)39(21-40)25(20-34(32,4)5)24-14-15-27-36(8)18-17-28(43)35(6,7)26(36)16-19-37(27,9)38(24,10)31(30(39)45)46-22(2)41/h14,25-28,30-33,40,43,45H,11-13,15-21H2,1-10H3/t25-,26+,27-,28+,30-,31+,32+,33+,36+,37-,38+,39+/m1/s1. The van der Waals surface area contributed by atoms with Crippen molar-refractivity contribution in [3.63, 3.8) is 0 Å². The number of fused-ring (bicyclic) bond motifs is 7. The van der Waals surface area contributed by atoms with Gasteiger partial charge in [-0.15, -0.1) is 0 Å². The summed E-state index contributed by atoms with van der Waals surface area (Å²) in [6.45, 7) is 19.3. The first kappa shape index (κ1) is 37.3. The topological polar surface area (TPSA) is 140 Å². The molecule has 0 aromatic heterocycles. The number of ether oxygens (including phenoxy) is 3. The predicted octanol–water partition coefficient (Wildman–Crippen LogP) is 5.91. The van der Waals surface area contributed by atoms with Gasteiger partial charge in [0.1, 0.15) is 18.3 Å². The van der Waals surface area contributed by atoms with Crippen molar-refractivity contribution in [3.05, 3.63) is 11.6 Å². The van der Waals surface area contributed by atoms with Crippen LogP contribution >= 0.6 is 0 Å². The van der Waals surface area contributed by atoms with Gasteiger partial charge in [0.25, 0.3) is 0 Å². The SMILES string of the molecule is CCCCC(=O)O[C@H]1[C@H](OC(C)=O)[C@@]2(CO)[C@H](CC1(C)C)C1=CC[C@@H]3[C@@]4(C)CC[C@H](O)C(C)(C)[C@@H]4CC[C@@]3(C)[C@]1(C)[C@@H](OC(C)=O)[C@H]2O. The maximum atomic E-state index is 13.1. The summed E-state index contributed by atoms with van der Waals surface area (Å²) in [5, 5.41) is 35.4. The van der Waals surface area contributed by atoms with Crippen LogP contribution in [0.25, 0.3) is 0 Å². The molecule has 5 rings (SSSR count). The number of hydrogen-bond donors (Lipinski definition) is 3.